The second-order valence-corrected chi connectivity index (χ2v) is 6.84. The lowest BCUT2D eigenvalue weighted by Crippen LogP contribution is -2.53. The largest absolute Gasteiger partial charge is 0.342 e. The number of nitrogens with one attached hydrogen (secondary N) is 1. The molecule has 0 bridgehead atoms. The Bertz CT molecular complexity index is 637. The fourth-order valence-corrected chi connectivity index (χ4v) is 3.84. The summed E-state index contributed by atoms with van der Waals surface area (Å²) in [6.45, 7) is 5.07. The zero-order chi connectivity index (χ0) is 17.8. The fourth-order valence-electron chi connectivity index (χ4n) is 3.84. The van der Waals surface area contributed by atoms with Crippen molar-refractivity contribution in [3.63, 3.8) is 0 Å². The summed E-state index contributed by atoms with van der Waals surface area (Å²) in [5, 5.41) is 3.30. The van der Waals surface area contributed by atoms with Gasteiger partial charge < -0.3 is 15.1 Å². The molecule has 0 saturated carbocycles. The quantitative estimate of drug-likeness (QED) is 0.909. The number of piperidine rings is 1. The maximum atomic E-state index is 13.6. The average Bonchev–Trinajstić information content (AvgIpc) is 2.67. The fraction of sp³-hybridized carbons (Fsp3) is 0.579. The smallest absolute Gasteiger partial charge is 0.228 e. The standard InChI is InChI=1S/C19H26FN3O2/c1-2-18(24)22-9-4-6-15(13-22)19(25)23-10-8-21-12-17(23)14-5-3-7-16(20)11-14/h3,5,7,11,15,17,21H,2,4,6,8-10,12-13H2,1H3. The van der Waals surface area contributed by atoms with E-state index in [0.717, 1.165) is 31.5 Å². The number of carbonyl (C=O) groups excluding carboxylic acids is 2. The molecule has 2 saturated heterocycles. The second kappa shape index (κ2) is 7.95. The molecule has 25 heavy (non-hydrogen) atoms. The van der Waals surface area contributed by atoms with Gasteiger partial charge in [0, 0.05) is 39.1 Å². The molecule has 2 aliphatic heterocycles. The lowest BCUT2D eigenvalue weighted by molar-refractivity contribution is -0.143. The summed E-state index contributed by atoms with van der Waals surface area (Å²) in [5.74, 6) is -0.241. The van der Waals surface area contributed by atoms with Crippen molar-refractivity contribution in [3.8, 4) is 0 Å². The average molecular weight is 347 g/mol. The maximum absolute atomic E-state index is 13.6. The lowest BCUT2D eigenvalue weighted by atomic mass is 9.94. The molecule has 0 spiro atoms. The van der Waals surface area contributed by atoms with Crippen molar-refractivity contribution >= 4 is 11.8 Å². The number of piperazine rings is 1. The zero-order valence-corrected chi connectivity index (χ0v) is 14.7. The molecule has 2 amide bonds. The van der Waals surface area contributed by atoms with Crippen LogP contribution in [0.4, 0.5) is 4.39 Å². The summed E-state index contributed by atoms with van der Waals surface area (Å²) < 4.78 is 13.6. The number of hydrogen-bond acceptors (Lipinski definition) is 3. The minimum atomic E-state index is -0.284. The SMILES string of the molecule is CCC(=O)N1CCCC(C(=O)N2CCNCC2c2cccc(F)c2)C1. The Morgan fingerprint density at radius 1 is 1.32 bits per heavy atom. The first-order valence-corrected chi connectivity index (χ1v) is 9.14. The monoisotopic (exact) mass is 347 g/mol. The van der Waals surface area contributed by atoms with E-state index in [0.29, 0.717) is 26.1 Å². The van der Waals surface area contributed by atoms with Crippen molar-refractivity contribution in [3.05, 3.63) is 35.6 Å². The predicted octanol–water partition coefficient (Wildman–Crippen LogP) is 1.95. The van der Waals surface area contributed by atoms with Crippen LogP contribution in [-0.4, -0.2) is 54.3 Å². The zero-order valence-electron chi connectivity index (χ0n) is 14.7. The highest BCUT2D eigenvalue weighted by Crippen LogP contribution is 2.27. The Labute approximate surface area is 148 Å². The van der Waals surface area contributed by atoms with Crippen LogP contribution in [0.1, 0.15) is 37.8 Å². The maximum Gasteiger partial charge on any atom is 0.228 e. The predicted molar refractivity (Wildman–Crippen MR) is 93.3 cm³/mol. The summed E-state index contributed by atoms with van der Waals surface area (Å²) in [6.07, 6.45) is 2.14. The van der Waals surface area contributed by atoms with Crippen molar-refractivity contribution in [1.29, 1.82) is 0 Å². The van der Waals surface area contributed by atoms with Gasteiger partial charge in [-0.25, -0.2) is 4.39 Å². The van der Waals surface area contributed by atoms with E-state index < -0.39 is 0 Å². The number of carbonyl (C=O) groups is 2. The highest BCUT2D eigenvalue weighted by Gasteiger charge is 2.35. The van der Waals surface area contributed by atoms with Gasteiger partial charge in [-0.05, 0) is 30.5 Å². The van der Waals surface area contributed by atoms with Crippen molar-refractivity contribution in [2.24, 2.45) is 5.92 Å². The van der Waals surface area contributed by atoms with Crippen molar-refractivity contribution in [2.45, 2.75) is 32.2 Å². The molecule has 3 rings (SSSR count). The number of halogens is 1. The summed E-state index contributed by atoms with van der Waals surface area (Å²) in [6, 6.07) is 6.32. The van der Waals surface area contributed by atoms with Gasteiger partial charge in [0.25, 0.3) is 0 Å². The molecule has 1 aromatic carbocycles. The molecule has 6 heteroatoms. The Morgan fingerprint density at radius 2 is 2.16 bits per heavy atom. The first kappa shape index (κ1) is 17.9. The normalized spacial score (nSPS) is 24.2. The Morgan fingerprint density at radius 3 is 2.92 bits per heavy atom. The number of benzene rings is 1. The summed E-state index contributed by atoms with van der Waals surface area (Å²) in [4.78, 5) is 28.8. The Kier molecular flexibility index (Phi) is 5.68. The molecule has 2 heterocycles. The highest BCUT2D eigenvalue weighted by atomic mass is 19.1. The molecule has 2 atom stereocenters. The highest BCUT2D eigenvalue weighted by molar-refractivity contribution is 5.82. The van der Waals surface area contributed by atoms with Crippen LogP contribution in [0.15, 0.2) is 24.3 Å². The molecule has 2 unspecified atom stereocenters. The van der Waals surface area contributed by atoms with E-state index in [-0.39, 0.29) is 29.6 Å². The lowest BCUT2D eigenvalue weighted by Gasteiger charge is -2.41. The van der Waals surface area contributed by atoms with Gasteiger partial charge in [0.2, 0.25) is 11.8 Å². The van der Waals surface area contributed by atoms with E-state index in [1.807, 2.05) is 22.8 Å². The third kappa shape index (κ3) is 4.00. The van der Waals surface area contributed by atoms with Crippen molar-refractivity contribution in [1.82, 2.24) is 15.1 Å². The summed E-state index contributed by atoms with van der Waals surface area (Å²) in [7, 11) is 0. The van der Waals surface area contributed by atoms with Crippen LogP contribution in [0.2, 0.25) is 0 Å². The van der Waals surface area contributed by atoms with E-state index in [2.05, 4.69) is 5.32 Å². The Balaban J connectivity index is 1.75. The molecule has 5 nitrogen and oxygen atoms in total. The molecule has 136 valence electrons. The minimum Gasteiger partial charge on any atom is -0.342 e. The van der Waals surface area contributed by atoms with Crippen molar-refractivity contribution < 1.29 is 14.0 Å². The molecule has 1 N–H and O–H groups in total. The molecule has 1 aromatic rings. The van der Waals surface area contributed by atoms with E-state index in [9.17, 15) is 14.0 Å². The molecule has 0 aromatic heterocycles. The second-order valence-electron chi connectivity index (χ2n) is 6.84. The number of rotatable bonds is 3. The molecule has 2 aliphatic rings. The molecular weight excluding hydrogens is 321 g/mol. The topological polar surface area (TPSA) is 52.7 Å². The van der Waals surface area contributed by atoms with Crippen LogP contribution in [0.25, 0.3) is 0 Å². The van der Waals surface area contributed by atoms with Crippen LogP contribution in [-0.2, 0) is 9.59 Å². The van der Waals surface area contributed by atoms with Gasteiger partial charge in [-0.3, -0.25) is 9.59 Å². The number of nitrogens with zero attached hydrogens (tertiary/aromatic N) is 2. The molecule has 0 radical (unpaired) electrons. The van der Waals surface area contributed by atoms with Gasteiger partial charge in [0.15, 0.2) is 0 Å². The molecular formula is C19H26FN3O2. The van der Waals surface area contributed by atoms with Crippen LogP contribution in [0.5, 0.6) is 0 Å². The van der Waals surface area contributed by atoms with Crippen LogP contribution < -0.4 is 5.32 Å². The summed E-state index contributed by atoms with van der Waals surface area (Å²) >= 11 is 0. The van der Waals surface area contributed by atoms with Gasteiger partial charge in [0.1, 0.15) is 5.82 Å². The van der Waals surface area contributed by atoms with Gasteiger partial charge >= 0.3 is 0 Å². The minimum absolute atomic E-state index is 0.0874. The van der Waals surface area contributed by atoms with Crippen LogP contribution in [0, 0.1) is 11.7 Å². The third-order valence-electron chi connectivity index (χ3n) is 5.19. The van der Waals surface area contributed by atoms with Crippen LogP contribution >= 0.6 is 0 Å². The summed E-state index contributed by atoms with van der Waals surface area (Å²) in [5.41, 5.74) is 0.817. The van der Waals surface area contributed by atoms with E-state index >= 15 is 0 Å². The van der Waals surface area contributed by atoms with Gasteiger partial charge in [-0.1, -0.05) is 19.1 Å². The first-order chi connectivity index (χ1) is 12.1. The molecule has 2 fully saturated rings. The van der Waals surface area contributed by atoms with Gasteiger partial charge in [0.05, 0.1) is 12.0 Å². The number of amides is 2. The van der Waals surface area contributed by atoms with E-state index in [1.54, 1.807) is 6.07 Å². The van der Waals surface area contributed by atoms with Crippen LogP contribution in [0.3, 0.4) is 0 Å². The Hall–Kier alpha value is -1.95. The third-order valence-corrected chi connectivity index (χ3v) is 5.19. The van der Waals surface area contributed by atoms with E-state index in [1.165, 1.54) is 12.1 Å². The first-order valence-electron chi connectivity index (χ1n) is 9.14. The van der Waals surface area contributed by atoms with Gasteiger partial charge in [-0.15, -0.1) is 0 Å². The molecule has 0 aliphatic carbocycles. The van der Waals surface area contributed by atoms with E-state index in [4.69, 9.17) is 0 Å². The van der Waals surface area contributed by atoms with Gasteiger partial charge in [-0.2, -0.15) is 0 Å². The number of hydrogen-bond donors (Lipinski definition) is 1. The van der Waals surface area contributed by atoms with Crippen molar-refractivity contribution in [2.75, 3.05) is 32.7 Å². The number of likely N-dealkylation sites (tertiary alicyclic amines) is 1.